The van der Waals surface area contributed by atoms with Crippen molar-refractivity contribution >= 4 is 22.3 Å². The number of alkyl halides is 1. The van der Waals surface area contributed by atoms with Gasteiger partial charge in [-0.3, -0.25) is 4.79 Å². The van der Waals surface area contributed by atoms with Crippen molar-refractivity contribution in [3.63, 3.8) is 0 Å². The average molecular weight is 534 g/mol. The molecule has 2 atom stereocenters. The fraction of sp³-hybridized carbons (Fsp3) is 0.467. The van der Waals surface area contributed by atoms with E-state index in [1.807, 2.05) is 13.0 Å². The molecular formula is C30H36FN5O3. The summed E-state index contributed by atoms with van der Waals surface area (Å²) in [5.41, 5.74) is 10.9. The van der Waals surface area contributed by atoms with Crippen LogP contribution in [-0.4, -0.2) is 62.5 Å². The molecule has 4 heterocycles. The van der Waals surface area contributed by atoms with E-state index in [2.05, 4.69) is 22.8 Å². The Bertz CT molecular complexity index is 1570. The second kappa shape index (κ2) is 9.34. The Morgan fingerprint density at radius 3 is 2.67 bits per heavy atom. The Labute approximate surface area is 227 Å². The van der Waals surface area contributed by atoms with Crippen molar-refractivity contribution in [2.24, 2.45) is 11.7 Å². The van der Waals surface area contributed by atoms with Gasteiger partial charge in [-0.1, -0.05) is 12.1 Å². The summed E-state index contributed by atoms with van der Waals surface area (Å²) in [6.07, 6.45) is 3.23. The van der Waals surface area contributed by atoms with Crippen LogP contribution in [0, 0.1) is 12.8 Å². The molecule has 6 rings (SSSR count). The summed E-state index contributed by atoms with van der Waals surface area (Å²) in [5.74, 6) is 0.866. The Balaban J connectivity index is 1.48. The number of hydrogen-bond acceptors (Lipinski definition) is 5. The Hall–Kier alpha value is -3.43. The number of carbonyl (C=O) groups is 1. The first-order chi connectivity index (χ1) is 18.5. The van der Waals surface area contributed by atoms with E-state index in [4.69, 9.17) is 15.6 Å². The number of aromatic nitrogens is 3. The molecule has 206 valence electrons. The van der Waals surface area contributed by atoms with E-state index in [0.717, 1.165) is 45.5 Å². The average Bonchev–Trinajstić information content (AvgIpc) is 3.55. The minimum Gasteiger partial charge on any atom is -0.494 e. The maximum atomic E-state index is 14.2. The predicted molar refractivity (Wildman–Crippen MR) is 149 cm³/mol. The molecule has 2 aliphatic rings. The lowest BCUT2D eigenvalue weighted by atomic mass is 9.97. The van der Waals surface area contributed by atoms with Gasteiger partial charge in [0.15, 0.2) is 0 Å². The molecule has 0 unspecified atom stereocenters. The van der Waals surface area contributed by atoms with Crippen LogP contribution >= 0.6 is 0 Å². The molecule has 1 saturated heterocycles. The number of carbonyl (C=O) groups excluding carboxylic acids is 1. The second-order valence-electron chi connectivity index (χ2n) is 11.8. The number of benzene rings is 1. The molecule has 3 aromatic heterocycles. The molecule has 1 amide bonds. The van der Waals surface area contributed by atoms with Crippen molar-refractivity contribution < 1.29 is 19.0 Å². The lowest BCUT2D eigenvalue weighted by Crippen LogP contribution is -2.50. The third-order valence-corrected chi connectivity index (χ3v) is 8.11. The van der Waals surface area contributed by atoms with E-state index in [1.54, 1.807) is 37.7 Å². The summed E-state index contributed by atoms with van der Waals surface area (Å²) in [7, 11) is 1.58. The van der Waals surface area contributed by atoms with E-state index >= 15 is 0 Å². The lowest BCUT2D eigenvalue weighted by Gasteiger charge is -2.33. The molecule has 1 aromatic carbocycles. The normalized spacial score (nSPS) is 20.2. The quantitative estimate of drug-likeness (QED) is 0.382. The fourth-order valence-electron chi connectivity index (χ4n) is 5.81. The van der Waals surface area contributed by atoms with Gasteiger partial charge in [0.1, 0.15) is 23.1 Å². The van der Waals surface area contributed by atoms with Gasteiger partial charge in [-0.15, -0.1) is 0 Å². The number of piperidine rings is 1. The van der Waals surface area contributed by atoms with E-state index < -0.39 is 11.8 Å². The monoisotopic (exact) mass is 533 g/mol. The summed E-state index contributed by atoms with van der Waals surface area (Å²) >= 11 is 0. The highest BCUT2D eigenvalue weighted by molar-refractivity contribution is 5.96. The fourth-order valence-corrected chi connectivity index (χ4v) is 5.81. The van der Waals surface area contributed by atoms with Crippen LogP contribution in [0.25, 0.3) is 27.8 Å². The maximum absolute atomic E-state index is 14.2. The molecule has 39 heavy (non-hydrogen) atoms. The number of amides is 1. The van der Waals surface area contributed by atoms with Crippen molar-refractivity contribution in [3.8, 4) is 17.1 Å². The van der Waals surface area contributed by atoms with Crippen LogP contribution in [0.5, 0.6) is 5.75 Å². The summed E-state index contributed by atoms with van der Waals surface area (Å²) in [4.78, 5) is 14.8. The van der Waals surface area contributed by atoms with Crippen LogP contribution in [0.4, 0.5) is 4.39 Å². The van der Waals surface area contributed by atoms with Gasteiger partial charge in [0, 0.05) is 41.8 Å². The summed E-state index contributed by atoms with van der Waals surface area (Å²) in [6, 6.07) is 9.57. The number of methoxy groups -OCH3 is 1. The van der Waals surface area contributed by atoms with Crippen LogP contribution in [-0.2, 0) is 12.1 Å². The number of likely N-dealkylation sites (tertiary alicyclic amines) is 1. The van der Waals surface area contributed by atoms with Crippen molar-refractivity contribution in [2.45, 2.75) is 64.4 Å². The van der Waals surface area contributed by atoms with Gasteiger partial charge in [-0.2, -0.15) is 5.10 Å². The predicted octanol–water partition coefficient (Wildman–Crippen LogP) is 4.42. The highest BCUT2D eigenvalue weighted by Gasteiger charge is 2.31. The van der Waals surface area contributed by atoms with Crippen molar-refractivity contribution in [2.75, 3.05) is 20.2 Å². The van der Waals surface area contributed by atoms with E-state index in [-0.39, 0.29) is 24.9 Å². The van der Waals surface area contributed by atoms with Gasteiger partial charge in [0.2, 0.25) is 0 Å². The molecule has 2 fully saturated rings. The molecular weight excluding hydrogens is 497 g/mol. The highest BCUT2D eigenvalue weighted by Crippen LogP contribution is 2.39. The smallest absolute Gasteiger partial charge is 0.255 e. The Morgan fingerprint density at radius 2 is 2.00 bits per heavy atom. The first kappa shape index (κ1) is 25.8. The minimum absolute atomic E-state index is 0.0319. The van der Waals surface area contributed by atoms with E-state index in [9.17, 15) is 14.3 Å². The number of fused-ring (bicyclic) bond motifs is 2. The summed E-state index contributed by atoms with van der Waals surface area (Å²) in [6.45, 7) is 6.83. The van der Waals surface area contributed by atoms with E-state index in [1.165, 1.54) is 17.7 Å². The van der Waals surface area contributed by atoms with Crippen molar-refractivity contribution in [1.82, 2.24) is 19.1 Å². The standard InChI is InChI=1S/C30H36FN5O3/c1-17-27(25-9-19-7-8-21(30(2,3)38)11-24(19)35(25)13-18-5-6-18)33-36-14-20(10-26(39-4)28(17)36)29(37)34-15-22(31)12-23(32)16-34/h7-11,14,18,22-23,38H,5-6,12-13,15-16,32H2,1-4H3/t22-,23-/m1/s1. The number of pyridine rings is 1. The molecule has 1 aliphatic carbocycles. The van der Waals surface area contributed by atoms with Crippen LogP contribution in [0.3, 0.4) is 0 Å². The van der Waals surface area contributed by atoms with Crippen LogP contribution in [0.15, 0.2) is 36.5 Å². The molecule has 8 nitrogen and oxygen atoms in total. The van der Waals surface area contributed by atoms with Crippen LogP contribution in [0.1, 0.15) is 54.6 Å². The largest absolute Gasteiger partial charge is 0.494 e. The number of nitrogens with two attached hydrogens (primary N) is 1. The van der Waals surface area contributed by atoms with Crippen LogP contribution in [0.2, 0.25) is 0 Å². The number of aryl methyl sites for hydroxylation is 1. The molecule has 4 aromatic rings. The van der Waals surface area contributed by atoms with Crippen molar-refractivity contribution in [1.29, 1.82) is 0 Å². The molecule has 0 spiro atoms. The zero-order valence-electron chi connectivity index (χ0n) is 22.9. The number of ether oxygens (including phenoxy) is 1. The molecule has 3 N–H and O–H groups in total. The third-order valence-electron chi connectivity index (χ3n) is 8.11. The van der Waals surface area contributed by atoms with Gasteiger partial charge >= 0.3 is 0 Å². The van der Waals surface area contributed by atoms with Gasteiger partial charge in [-0.25, -0.2) is 8.91 Å². The topological polar surface area (TPSA) is 98.0 Å². The molecule has 0 bridgehead atoms. The van der Waals surface area contributed by atoms with Gasteiger partial charge in [0.25, 0.3) is 5.91 Å². The number of rotatable bonds is 6. The molecule has 1 aliphatic heterocycles. The number of nitrogens with zero attached hydrogens (tertiary/aromatic N) is 4. The Morgan fingerprint density at radius 1 is 1.23 bits per heavy atom. The third kappa shape index (κ3) is 4.67. The number of hydrogen-bond donors (Lipinski definition) is 2. The zero-order chi connectivity index (χ0) is 27.6. The SMILES string of the molecule is COc1cc(C(=O)N2C[C@H](N)C[C@@H](F)C2)cn2nc(-c3cc4ccc(C(C)(C)O)cc4n3CC3CC3)c(C)c12. The molecule has 0 radical (unpaired) electrons. The first-order valence-corrected chi connectivity index (χ1v) is 13.7. The van der Waals surface area contributed by atoms with Gasteiger partial charge in [0.05, 0.1) is 30.5 Å². The second-order valence-corrected chi connectivity index (χ2v) is 11.8. The summed E-state index contributed by atoms with van der Waals surface area (Å²) < 4.78 is 23.9. The minimum atomic E-state index is -1.13. The Kier molecular flexibility index (Phi) is 6.19. The summed E-state index contributed by atoms with van der Waals surface area (Å²) in [5, 5.41) is 16.7. The van der Waals surface area contributed by atoms with Gasteiger partial charge < -0.3 is 25.0 Å². The highest BCUT2D eigenvalue weighted by atomic mass is 19.1. The molecule has 9 heteroatoms. The maximum Gasteiger partial charge on any atom is 0.255 e. The van der Waals surface area contributed by atoms with Gasteiger partial charge in [-0.05, 0) is 69.7 Å². The van der Waals surface area contributed by atoms with E-state index in [0.29, 0.717) is 23.8 Å². The number of halogens is 1. The molecule has 1 saturated carbocycles. The zero-order valence-corrected chi connectivity index (χ0v) is 22.9. The first-order valence-electron chi connectivity index (χ1n) is 13.7. The van der Waals surface area contributed by atoms with Crippen LogP contribution < -0.4 is 10.5 Å². The lowest BCUT2D eigenvalue weighted by molar-refractivity contribution is 0.0605. The van der Waals surface area contributed by atoms with Crippen molar-refractivity contribution in [3.05, 3.63) is 53.2 Å². The number of aliphatic hydroxyl groups is 1.